The first kappa shape index (κ1) is 15.0. The van der Waals surface area contributed by atoms with Crippen molar-refractivity contribution in [3.05, 3.63) is 29.8 Å². The number of carbonyl (C=O) groups excluding carboxylic acids is 2. The van der Waals surface area contributed by atoms with Crippen molar-refractivity contribution in [1.29, 1.82) is 0 Å². The largest absolute Gasteiger partial charge is 0.508 e. The second kappa shape index (κ2) is 6.78. The van der Waals surface area contributed by atoms with E-state index in [0.717, 1.165) is 5.56 Å². The second-order valence-corrected chi connectivity index (χ2v) is 4.70. The van der Waals surface area contributed by atoms with Crippen LogP contribution >= 0.6 is 0 Å². The monoisotopic (exact) mass is 264 g/mol. The van der Waals surface area contributed by atoms with E-state index in [2.05, 4.69) is 10.6 Å². The zero-order valence-corrected chi connectivity index (χ0v) is 11.4. The molecule has 0 aliphatic carbocycles. The Kier molecular flexibility index (Phi) is 5.36. The van der Waals surface area contributed by atoms with Crippen LogP contribution in [0.5, 0.6) is 5.75 Å². The predicted molar refractivity (Wildman–Crippen MR) is 72.6 cm³/mol. The van der Waals surface area contributed by atoms with Crippen LogP contribution in [0.1, 0.15) is 19.4 Å². The van der Waals surface area contributed by atoms with Crippen molar-refractivity contribution >= 4 is 11.8 Å². The van der Waals surface area contributed by atoms with Crippen molar-refractivity contribution in [3.63, 3.8) is 0 Å². The van der Waals surface area contributed by atoms with Crippen molar-refractivity contribution in [2.45, 2.75) is 26.3 Å². The Balaban J connectivity index is 2.77. The number of phenolic OH excluding ortho intramolecular Hbond substituents is 1. The molecule has 5 heteroatoms. The van der Waals surface area contributed by atoms with Gasteiger partial charge in [0.15, 0.2) is 0 Å². The number of carbonyl (C=O) groups is 2. The fourth-order valence-corrected chi connectivity index (χ4v) is 1.59. The first-order valence-electron chi connectivity index (χ1n) is 6.24. The van der Waals surface area contributed by atoms with E-state index in [4.69, 9.17) is 0 Å². The van der Waals surface area contributed by atoms with E-state index in [9.17, 15) is 14.7 Å². The van der Waals surface area contributed by atoms with Crippen molar-refractivity contribution in [1.82, 2.24) is 10.6 Å². The molecule has 1 aromatic carbocycles. The molecule has 1 rings (SSSR count). The van der Waals surface area contributed by atoms with Crippen molar-refractivity contribution < 1.29 is 14.7 Å². The highest BCUT2D eigenvalue weighted by atomic mass is 16.3. The highest BCUT2D eigenvalue weighted by molar-refractivity contribution is 5.88. The summed E-state index contributed by atoms with van der Waals surface area (Å²) in [5, 5.41) is 14.5. The Bertz CT molecular complexity index is 441. The highest BCUT2D eigenvalue weighted by Gasteiger charge is 2.21. The lowest BCUT2D eigenvalue weighted by molar-refractivity contribution is -0.130. The van der Waals surface area contributed by atoms with E-state index in [1.54, 1.807) is 38.1 Å². The van der Waals surface area contributed by atoms with Crippen LogP contribution in [0.3, 0.4) is 0 Å². The van der Waals surface area contributed by atoms with Crippen molar-refractivity contribution in [2.75, 3.05) is 7.05 Å². The fourth-order valence-electron chi connectivity index (χ4n) is 1.59. The maximum absolute atomic E-state index is 11.8. The zero-order chi connectivity index (χ0) is 14.4. The number of phenols is 1. The molecule has 104 valence electrons. The van der Waals surface area contributed by atoms with Crippen molar-refractivity contribution in [3.8, 4) is 5.75 Å². The van der Waals surface area contributed by atoms with E-state index in [0.29, 0.717) is 6.42 Å². The minimum Gasteiger partial charge on any atom is -0.508 e. The van der Waals surface area contributed by atoms with Crippen LogP contribution in [0, 0.1) is 5.92 Å². The van der Waals surface area contributed by atoms with Crippen LogP contribution in [-0.2, 0) is 16.0 Å². The van der Waals surface area contributed by atoms with Crippen LogP contribution < -0.4 is 10.6 Å². The van der Waals surface area contributed by atoms with Crippen LogP contribution in [0.15, 0.2) is 24.3 Å². The lowest BCUT2D eigenvalue weighted by atomic mass is 10.0. The number of hydrogen-bond donors (Lipinski definition) is 3. The minimum atomic E-state index is -0.607. The summed E-state index contributed by atoms with van der Waals surface area (Å²) in [7, 11) is 1.54. The number of aromatic hydroxyl groups is 1. The van der Waals surface area contributed by atoms with Gasteiger partial charge >= 0.3 is 0 Å². The summed E-state index contributed by atoms with van der Waals surface area (Å²) in [6, 6.07) is 5.96. The van der Waals surface area contributed by atoms with Gasteiger partial charge in [0.1, 0.15) is 11.8 Å². The predicted octanol–water partition coefficient (Wildman–Crippen LogP) is 0.821. The SMILES string of the molecule is CNC(=O)C(Cc1ccc(O)cc1)NC(=O)C(C)C. The van der Waals surface area contributed by atoms with Crippen LogP contribution in [0.25, 0.3) is 0 Å². The van der Waals surface area contributed by atoms with Gasteiger partial charge in [0.2, 0.25) is 11.8 Å². The van der Waals surface area contributed by atoms with E-state index in [-0.39, 0.29) is 23.5 Å². The Morgan fingerprint density at radius 3 is 2.21 bits per heavy atom. The molecule has 2 amide bonds. The first-order chi connectivity index (χ1) is 8.93. The molecule has 0 saturated carbocycles. The molecule has 0 aromatic heterocycles. The van der Waals surface area contributed by atoms with E-state index in [1.165, 1.54) is 7.05 Å². The van der Waals surface area contributed by atoms with E-state index >= 15 is 0 Å². The van der Waals surface area contributed by atoms with Gasteiger partial charge in [-0.05, 0) is 17.7 Å². The van der Waals surface area contributed by atoms with Gasteiger partial charge in [0.25, 0.3) is 0 Å². The third-order valence-corrected chi connectivity index (χ3v) is 2.78. The minimum absolute atomic E-state index is 0.160. The molecule has 0 fully saturated rings. The maximum atomic E-state index is 11.8. The van der Waals surface area contributed by atoms with Crippen LogP contribution in [-0.4, -0.2) is 30.0 Å². The summed E-state index contributed by atoms with van der Waals surface area (Å²) in [6.45, 7) is 3.55. The summed E-state index contributed by atoms with van der Waals surface area (Å²) < 4.78 is 0. The van der Waals surface area contributed by atoms with Gasteiger partial charge < -0.3 is 15.7 Å². The molecule has 5 nitrogen and oxygen atoms in total. The Morgan fingerprint density at radius 1 is 1.16 bits per heavy atom. The molecule has 0 radical (unpaired) electrons. The average Bonchev–Trinajstić information content (AvgIpc) is 2.39. The quantitative estimate of drug-likeness (QED) is 0.737. The number of amides is 2. The number of likely N-dealkylation sites (N-methyl/N-ethyl adjacent to an activating group) is 1. The number of rotatable bonds is 5. The standard InChI is InChI=1S/C14H20N2O3/c1-9(2)13(18)16-12(14(19)15-3)8-10-4-6-11(17)7-5-10/h4-7,9,12,17H,8H2,1-3H3,(H,15,19)(H,16,18). The average molecular weight is 264 g/mol. The van der Waals surface area contributed by atoms with Crippen LogP contribution in [0.2, 0.25) is 0 Å². The molecule has 0 bridgehead atoms. The summed E-state index contributed by atoms with van der Waals surface area (Å²) >= 11 is 0. The normalized spacial score (nSPS) is 12.0. The Hall–Kier alpha value is -2.04. The van der Waals surface area contributed by atoms with Gasteiger partial charge in [0, 0.05) is 19.4 Å². The number of nitrogens with one attached hydrogen (secondary N) is 2. The Morgan fingerprint density at radius 2 is 1.74 bits per heavy atom. The van der Waals surface area contributed by atoms with Gasteiger partial charge in [-0.2, -0.15) is 0 Å². The summed E-state index contributed by atoms with van der Waals surface area (Å²) in [6.07, 6.45) is 0.387. The topological polar surface area (TPSA) is 78.4 Å². The third-order valence-electron chi connectivity index (χ3n) is 2.78. The molecule has 0 spiro atoms. The Labute approximate surface area is 113 Å². The zero-order valence-electron chi connectivity index (χ0n) is 11.4. The van der Waals surface area contributed by atoms with Crippen molar-refractivity contribution in [2.24, 2.45) is 5.92 Å². The third kappa shape index (κ3) is 4.62. The maximum Gasteiger partial charge on any atom is 0.242 e. The smallest absolute Gasteiger partial charge is 0.242 e. The van der Waals surface area contributed by atoms with Gasteiger partial charge in [-0.25, -0.2) is 0 Å². The summed E-state index contributed by atoms with van der Waals surface area (Å²) in [5.41, 5.74) is 0.871. The molecule has 0 saturated heterocycles. The molecule has 19 heavy (non-hydrogen) atoms. The lowest BCUT2D eigenvalue weighted by Crippen LogP contribution is -2.48. The van der Waals surface area contributed by atoms with Crippen LogP contribution in [0.4, 0.5) is 0 Å². The summed E-state index contributed by atoms with van der Waals surface area (Å²) in [4.78, 5) is 23.5. The van der Waals surface area contributed by atoms with E-state index < -0.39 is 6.04 Å². The second-order valence-electron chi connectivity index (χ2n) is 4.70. The van der Waals surface area contributed by atoms with E-state index in [1.807, 2.05) is 0 Å². The van der Waals surface area contributed by atoms with Gasteiger partial charge in [-0.1, -0.05) is 26.0 Å². The number of benzene rings is 1. The molecular weight excluding hydrogens is 244 g/mol. The van der Waals surface area contributed by atoms with Gasteiger partial charge in [-0.15, -0.1) is 0 Å². The lowest BCUT2D eigenvalue weighted by Gasteiger charge is -2.18. The highest BCUT2D eigenvalue weighted by Crippen LogP contribution is 2.11. The molecule has 1 aromatic rings. The fraction of sp³-hybridized carbons (Fsp3) is 0.429. The molecular formula is C14H20N2O3. The molecule has 1 unspecified atom stereocenters. The number of hydrogen-bond acceptors (Lipinski definition) is 3. The molecule has 0 heterocycles. The van der Waals surface area contributed by atoms with Gasteiger partial charge in [-0.3, -0.25) is 9.59 Å². The molecule has 0 aliphatic heterocycles. The molecule has 1 atom stereocenters. The summed E-state index contributed by atoms with van der Waals surface area (Å²) in [5.74, 6) is -0.395. The molecule has 0 aliphatic rings. The van der Waals surface area contributed by atoms with Gasteiger partial charge in [0.05, 0.1) is 0 Å². The molecule has 3 N–H and O–H groups in total. The first-order valence-corrected chi connectivity index (χ1v) is 6.24.